The van der Waals surface area contributed by atoms with Crippen LogP contribution < -0.4 is 10.2 Å². The van der Waals surface area contributed by atoms with E-state index in [1.165, 1.54) is 11.8 Å². The van der Waals surface area contributed by atoms with Gasteiger partial charge in [0, 0.05) is 66.5 Å². The third kappa shape index (κ3) is 5.27. The van der Waals surface area contributed by atoms with Crippen LogP contribution in [0.3, 0.4) is 0 Å². The van der Waals surface area contributed by atoms with Crippen LogP contribution >= 0.6 is 23.4 Å². The van der Waals surface area contributed by atoms with E-state index in [9.17, 15) is 5.26 Å². The van der Waals surface area contributed by atoms with E-state index in [2.05, 4.69) is 37.3 Å². The van der Waals surface area contributed by atoms with Crippen LogP contribution in [-0.4, -0.2) is 45.8 Å². The molecule has 0 saturated carbocycles. The first kappa shape index (κ1) is 25.2. The Morgan fingerprint density at radius 3 is 2.56 bits per heavy atom. The van der Waals surface area contributed by atoms with E-state index >= 15 is 0 Å². The first-order chi connectivity index (χ1) is 19.1. The number of nitriles is 1. The molecule has 0 bridgehead atoms. The van der Waals surface area contributed by atoms with Crippen molar-refractivity contribution in [1.29, 1.82) is 5.26 Å². The number of benzene rings is 2. The van der Waals surface area contributed by atoms with Gasteiger partial charge in [-0.1, -0.05) is 35.5 Å². The van der Waals surface area contributed by atoms with E-state index in [4.69, 9.17) is 16.3 Å². The van der Waals surface area contributed by atoms with Gasteiger partial charge < -0.3 is 19.5 Å². The number of anilines is 3. The van der Waals surface area contributed by atoms with Gasteiger partial charge in [0.1, 0.15) is 11.9 Å². The van der Waals surface area contributed by atoms with Gasteiger partial charge in [0.2, 0.25) is 0 Å². The van der Waals surface area contributed by atoms with E-state index in [0.29, 0.717) is 16.3 Å². The summed E-state index contributed by atoms with van der Waals surface area (Å²) in [5.74, 6) is 0.953. The molecule has 6 rings (SSSR count). The topological polar surface area (TPSA) is 91.9 Å². The number of ether oxygens (including phenoxy) is 1. The van der Waals surface area contributed by atoms with Crippen LogP contribution in [0.1, 0.15) is 5.56 Å². The van der Waals surface area contributed by atoms with Crippen molar-refractivity contribution in [2.45, 2.75) is 10.1 Å². The van der Waals surface area contributed by atoms with E-state index in [1.54, 1.807) is 12.4 Å². The maximum atomic E-state index is 9.80. The number of nitrogens with one attached hydrogen (secondary N) is 1. The van der Waals surface area contributed by atoms with Gasteiger partial charge >= 0.3 is 0 Å². The molecule has 0 amide bonds. The molecule has 39 heavy (non-hydrogen) atoms. The lowest BCUT2D eigenvalue weighted by Gasteiger charge is -2.27. The van der Waals surface area contributed by atoms with Crippen LogP contribution in [0.2, 0.25) is 5.02 Å². The van der Waals surface area contributed by atoms with Crippen molar-refractivity contribution in [3.05, 3.63) is 83.9 Å². The minimum atomic E-state index is 0.453. The van der Waals surface area contributed by atoms with Crippen LogP contribution in [0.15, 0.2) is 83.4 Å². The maximum Gasteiger partial charge on any atom is 0.172 e. The first-order valence-electron chi connectivity index (χ1n) is 12.4. The third-order valence-corrected chi connectivity index (χ3v) is 8.16. The van der Waals surface area contributed by atoms with Crippen molar-refractivity contribution in [2.75, 3.05) is 36.5 Å². The van der Waals surface area contributed by atoms with E-state index in [-0.39, 0.29) is 0 Å². The summed E-state index contributed by atoms with van der Waals surface area (Å²) in [5, 5.41) is 15.5. The molecule has 194 valence electrons. The summed E-state index contributed by atoms with van der Waals surface area (Å²) in [6, 6.07) is 18.2. The van der Waals surface area contributed by atoms with E-state index in [0.717, 1.165) is 69.9 Å². The number of fused-ring (bicyclic) bond motifs is 1. The highest BCUT2D eigenvalue weighted by Gasteiger charge is 2.15. The Kier molecular flexibility index (Phi) is 7.07. The molecular weight excluding hydrogens is 530 g/mol. The van der Waals surface area contributed by atoms with Crippen molar-refractivity contribution in [2.24, 2.45) is 7.05 Å². The number of halogens is 1. The van der Waals surface area contributed by atoms with Gasteiger partial charge in [-0.15, -0.1) is 0 Å². The van der Waals surface area contributed by atoms with Crippen molar-refractivity contribution >= 4 is 51.5 Å². The number of morpholine rings is 1. The molecule has 2 aromatic carbocycles. The molecule has 0 unspecified atom stereocenters. The van der Waals surface area contributed by atoms with Gasteiger partial charge in [-0.25, -0.2) is 9.97 Å². The predicted molar refractivity (Wildman–Crippen MR) is 155 cm³/mol. The zero-order valence-electron chi connectivity index (χ0n) is 21.1. The summed E-state index contributed by atoms with van der Waals surface area (Å²) in [7, 11) is 1.94. The lowest BCUT2D eigenvalue weighted by molar-refractivity contribution is 0.122. The predicted octanol–water partition coefficient (Wildman–Crippen LogP) is 6.29. The van der Waals surface area contributed by atoms with Crippen molar-refractivity contribution in [1.82, 2.24) is 19.5 Å². The number of imidazole rings is 1. The zero-order valence-corrected chi connectivity index (χ0v) is 22.7. The molecule has 1 saturated heterocycles. The van der Waals surface area contributed by atoms with Crippen LogP contribution in [-0.2, 0) is 11.8 Å². The molecule has 0 spiro atoms. The molecule has 1 aliphatic heterocycles. The van der Waals surface area contributed by atoms with Gasteiger partial charge in [-0.05, 0) is 42.0 Å². The van der Waals surface area contributed by atoms with Crippen molar-refractivity contribution in [3.8, 4) is 17.2 Å². The third-order valence-electron chi connectivity index (χ3n) is 6.59. The second kappa shape index (κ2) is 10.9. The van der Waals surface area contributed by atoms with Gasteiger partial charge in [0.25, 0.3) is 0 Å². The fourth-order valence-corrected chi connectivity index (χ4v) is 5.59. The van der Waals surface area contributed by atoms with Crippen LogP contribution in [0.5, 0.6) is 0 Å². The average molecular weight is 554 g/mol. The summed E-state index contributed by atoms with van der Waals surface area (Å²) >= 11 is 8.11. The normalized spacial score (nSPS) is 13.4. The standard InChI is InChI=1S/C29H24ClN7OS/c1-36-9-8-32-29(36)39-26-6-4-22(15-24(26)30)35-28-21(16-31)18-33-25-14-19(2-5-23(25)28)20-3-7-27(34-17-20)37-10-12-38-13-11-37/h2-9,14-15,17-18H,10-13H2,1H3,(H,33,35). The molecule has 1 N–H and O–H groups in total. The van der Waals surface area contributed by atoms with Gasteiger partial charge in [-0.2, -0.15) is 5.26 Å². The van der Waals surface area contributed by atoms with Gasteiger partial charge in [0.05, 0.1) is 35.0 Å². The second-order valence-corrected chi connectivity index (χ2v) is 10.5. The summed E-state index contributed by atoms with van der Waals surface area (Å²) in [6.07, 6.45) is 7.14. The molecule has 1 fully saturated rings. The minimum Gasteiger partial charge on any atom is -0.378 e. The molecule has 0 aliphatic carbocycles. The molecule has 0 radical (unpaired) electrons. The van der Waals surface area contributed by atoms with Gasteiger partial charge in [-0.3, -0.25) is 4.98 Å². The molecule has 0 atom stereocenters. The Balaban J connectivity index is 1.27. The molecule has 8 nitrogen and oxygen atoms in total. The van der Waals surface area contributed by atoms with Crippen LogP contribution in [0.25, 0.3) is 22.0 Å². The summed E-state index contributed by atoms with van der Waals surface area (Å²) in [6.45, 7) is 3.14. The fourth-order valence-electron chi connectivity index (χ4n) is 4.48. The fraction of sp³-hybridized carbons (Fsp3) is 0.172. The number of aryl methyl sites for hydroxylation is 1. The Bertz CT molecular complexity index is 1690. The Morgan fingerprint density at radius 2 is 1.85 bits per heavy atom. The lowest BCUT2D eigenvalue weighted by Crippen LogP contribution is -2.36. The number of nitrogens with zero attached hydrogens (tertiary/aromatic N) is 6. The van der Waals surface area contributed by atoms with E-state index in [1.807, 2.05) is 66.5 Å². The molecule has 5 aromatic rings. The highest BCUT2D eigenvalue weighted by Crippen LogP contribution is 2.36. The largest absolute Gasteiger partial charge is 0.378 e. The summed E-state index contributed by atoms with van der Waals surface area (Å²) < 4.78 is 7.38. The molecule has 3 aromatic heterocycles. The quantitative estimate of drug-likeness (QED) is 0.262. The maximum absolute atomic E-state index is 9.80. The van der Waals surface area contributed by atoms with E-state index < -0.39 is 0 Å². The monoisotopic (exact) mass is 553 g/mol. The first-order valence-corrected chi connectivity index (χ1v) is 13.6. The Labute approximate surface area is 235 Å². The molecule has 1 aliphatic rings. The SMILES string of the molecule is Cn1ccnc1Sc1ccc(Nc2c(C#N)cnc3cc(-c4ccc(N5CCOCC5)nc4)ccc23)cc1Cl. The van der Waals surface area contributed by atoms with Crippen molar-refractivity contribution < 1.29 is 4.74 Å². The highest BCUT2D eigenvalue weighted by molar-refractivity contribution is 7.99. The van der Waals surface area contributed by atoms with Crippen LogP contribution in [0, 0.1) is 11.3 Å². The number of pyridine rings is 2. The molecule has 4 heterocycles. The number of aromatic nitrogens is 4. The van der Waals surface area contributed by atoms with Crippen molar-refractivity contribution in [3.63, 3.8) is 0 Å². The average Bonchev–Trinajstić information content (AvgIpc) is 3.39. The lowest BCUT2D eigenvalue weighted by atomic mass is 10.0. The zero-order chi connectivity index (χ0) is 26.8. The minimum absolute atomic E-state index is 0.453. The van der Waals surface area contributed by atoms with Gasteiger partial charge in [0.15, 0.2) is 5.16 Å². The highest BCUT2D eigenvalue weighted by atomic mass is 35.5. The summed E-state index contributed by atoms with van der Waals surface area (Å²) in [5.41, 5.74) is 4.71. The molecule has 10 heteroatoms. The smallest absolute Gasteiger partial charge is 0.172 e. The number of hydrogen-bond donors (Lipinski definition) is 1. The Hall–Kier alpha value is -4.10. The molecular formula is C29H24ClN7OS. The number of rotatable bonds is 6. The Morgan fingerprint density at radius 1 is 1.00 bits per heavy atom. The van der Waals surface area contributed by atoms with Crippen LogP contribution in [0.4, 0.5) is 17.2 Å². The summed E-state index contributed by atoms with van der Waals surface area (Å²) in [4.78, 5) is 16.7. The number of hydrogen-bond acceptors (Lipinski definition) is 8. The second-order valence-electron chi connectivity index (χ2n) is 9.09.